The number of unbranched alkanes of at least 4 members (excludes halogenated alkanes) is 2. The second-order valence-electron chi connectivity index (χ2n) is 3.66. The monoisotopic (exact) mass is 219 g/mol. The van der Waals surface area contributed by atoms with Gasteiger partial charge in [-0.25, -0.2) is 4.79 Å². The largest absolute Gasteiger partial charge is 0.450 e. The van der Waals surface area contributed by atoms with E-state index in [9.17, 15) is 4.79 Å². The number of alkyl halides is 1. The molecule has 0 saturated heterocycles. The minimum Gasteiger partial charge on any atom is -0.450 e. The number of hydrogen-bond donors (Lipinski definition) is 1. The number of rotatable bonds is 6. The number of carbonyl (C=O) groups excluding carboxylic acids is 1. The summed E-state index contributed by atoms with van der Waals surface area (Å²) in [6.45, 7) is 0.509. The fourth-order valence-electron chi connectivity index (χ4n) is 1.30. The molecule has 0 aromatic carbocycles. The zero-order valence-corrected chi connectivity index (χ0v) is 9.18. The zero-order valence-electron chi connectivity index (χ0n) is 8.43. The van der Waals surface area contributed by atoms with E-state index in [2.05, 4.69) is 5.32 Å². The van der Waals surface area contributed by atoms with Gasteiger partial charge in [0.2, 0.25) is 0 Å². The molecule has 1 rings (SSSR count). The Morgan fingerprint density at radius 3 is 2.71 bits per heavy atom. The summed E-state index contributed by atoms with van der Waals surface area (Å²) in [5.41, 5.74) is 0. The fourth-order valence-corrected chi connectivity index (χ4v) is 1.49. The van der Waals surface area contributed by atoms with Crippen molar-refractivity contribution < 1.29 is 9.53 Å². The molecule has 0 aromatic rings. The SMILES string of the molecule is O=C(NC1CCC1)OCCCCCCl. The summed E-state index contributed by atoms with van der Waals surface area (Å²) in [5.74, 6) is 0.689. The third-order valence-corrected chi connectivity index (χ3v) is 2.71. The quantitative estimate of drug-likeness (QED) is 0.551. The van der Waals surface area contributed by atoms with E-state index in [0.29, 0.717) is 18.5 Å². The number of hydrogen-bond acceptors (Lipinski definition) is 2. The Bertz CT molecular complexity index is 172. The van der Waals surface area contributed by atoms with E-state index >= 15 is 0 Å². The van der Waals surface area contributed by atoms with Crippen LogP contribution in [-0.4, -0.2) is 24.6 Å². The maximum Gasteiger partial charge on any atom is 0.407 e. The first kappa shape index (κ1) is 11.6. The predicted molar refractivity (Wildman–Crippen MR) is 56.7 cm³/mol. The van der Waals surface area contributed by atoms with E-state index in [1.807, 2.05) is 0 Å². The summed E-state index contributed by atoms with van der Waals surface area (Å²) in [6.07, 6.45) is 6.09. The zero-order chi connectivity index (χ0) is 10.2. The van der Waals surface area contributed by atoms with Gasteiger partial charge in [0.1, 0.15) is 0 Å². The van der Waals surface area contributed by atoms with Crippen LogP contribution >= 0.6 is 11.6 Å². The lowest BCUT2D eigenvalue weighted by Crippen LogP contribution is -2.39. The normalized spacial score (nSPS) is 16.1. The summed E-state index contributed by atoms with van der Waals surface area (Å²) in [5, 5.41) is 2.82. The molecular weight excluding hydrogens is 202 g/mol. The average Bonchev–Trinajstić information content (AvgIpc) is 2.11. The lowest BCUT2D eigenvalue weighted by molar-refractivity contribution is 0.134. The minimum atomic E-state index is -0.263. The van der Waals surface area contributed by atoms with Gasteiger partial charge in [0.15, 0.2) is 0 Å². The van der Waals surface area contributed by atoms with Gasteiger partial charge in [0.25, 0.3) is 0 Å². The molecule has 0 unspecified atom stereocenters. The van der Waals surface area contributed by atoms with Gasteiger partial charge in [-0.05, 0) is 38.5 Å². The van der Waals surface area contributed by atoms with Crippen LogP contribution in [0.4, 0.5) is 4.79 Å². The molecule has 0 atom stereocenters. The Hall–Kier alpha value is -0.440. The summed E-state index contributed by atoms with van der Waals surface area (Å²) in [6, 6.07) is 0.366. The topological polar surface area (TPSA) is 38.3 Å². The molecule has 1 N–H and O–H groups in total. The molecule has 3 nitrogen and oxygen atoms in total. The van der Waals surface area contributed by atoms with Crippen LogP contribution in [-0.2, 0) is 4.74 Å². The molecule has 1 aliphatic rings. The van der Waals surface area contributed by atoms with E-state index in [1.54, 1.807) is 0 Å². The molecular formula is C10H18ClNO2. The van der Waals surface area contributed by atoms with Crippen molar-refractivity contribution in [3.63, 3.8) is 0 Å². The highest BCUT2D eigenvalue weighted by Crippen LogP contribution is 2.17. The van der Waals surface area contributed by atoms with Crippen LogP contribution in [0.3, 0.4) is 0 Å². The van der Waals surface area contributed by atoms with Gasteiger partial charge in [0.05, 0.1) is 6.61 Å². The van der Waals surface area contributed by atoms with Crippen LogP contribution in [0.1, 0.15) is 38.5 Å². The third kappa shape index (κ3) is 4.70. The first-order chi connectivity index (χ1) is 6.83. The molecule has 1 saturated carbocycles. The van der Waals surface area contributed by atoms with Crippen molar-refractivity contribution in [3.05, 3.63) is 0 Å². The number of amides is 1. The van der Waals surface area contributed by atoms with E-state index in [-0.39, 0.29) is 6.09 Å². The molecule has 0 aliphatic heterocycles. The smallest absolute Gasteiger partial charge is 0.407 e. The standard InChI is InChI=1S/C10H18ClNO2/c11-7-2-1-3-8-14-10(13)12-9-5-4-6-9/h9H,1-8H2,(H,12,13). The van der Waals surface area contributed by atoms with Crippen molar-refractivity contribution in [3.8, 4) is 0 Å². The van der Waals surface area contributed by atoms with Crippen LogP contribution in [0.15, 0.2) is 0 Å². The second-order valence-corrected chi connectivity index (χ2v) is 4.04. The van der Waals surface area contributed by atoms with Crippen molar-refractivity contribution >= 4 is 17.7 Å². The predicted octanol–water partition coefficient (Wildman–Crippen LogP) is 2.67. The van der Waals surface area contributed by atoms with E-state index in [1.165, 1.54) is 6.42 Å². The highest BCUT2D eigenvalue weighted by atomic mass is 35.5. The highest BCUT2D eigenvalue weighted by molar-refractivity contribution is 6.17. The second kappa shape index (κ2) is 6.93. The van der Waals surface area contributed by atoms with E-state index < -0.39 is 0 Å². The first-order valence-electron chi connectivity index (χ1n) is 5.32. The van der Waals surface area contributed by atoms with Gasteiger partial charge in [0, 0.05) is 11.9 Å². The van der Waals surface area contributed by atoms with E-state index in [4.69, 9.17) is 16.3 Å². The number of alkyl carbamates (subject to hydrolysis) is 1. The van der Waals surface area contributed by atoms with Gasteiger partial charge < -0.3 is 10.1 Å². The number of carbonyl (C=O) groups is 1. The maximum atomic E-state index is 11.1. The van der Waals surface area contributed by atoms with Gasteiger partial charge in [-0.1, -0.05) is 0 Å². The summed E-state index contributed by atoms with van der Waals surface area (Å²) < 4.78 is 5.00. The first-order valence-corrected chi connectivity index (χ1v) is 5.85. The van der Waals surface area contributed by atoms with Gasteiger partial charge in [-0.2, -0.15) is 0 Å². The summed E-state index contributed by atoms with van der Waals surface area (Å²) in [4.78, 5) is 11.1. The number of halogens is 1. The molecule has 82 valence electrons. The van der Waals surface area contributed by atoms with Crippen molar-refractivity contribution in [1.82, 2.24) is 5.32 Å². The molecule has 4 heteroatoms. The summed E-state index contributed by atoms with van der Waals surface area (Å²) >= 11 is 5.52. The molecule has 0 spiro atoms. The Labute approximate surface area is 90.1 Å². The Kier molecular flexibility index (Phi) is 5.76. The molecule has 0 aromatic heterocycles. The lowest BCUT2D eigenvalue weighted by Gasteiger charge is -2.25. The average molecular weight is 220 g/mol. The van der Waals surface area contributed by atoms with Crippen LogP contribution in [0.5, 0.6) is 0 Å². The van der Waals surface area contributed by atoms with Gasteiger partial charge in [-0.3, -0.25) is 0 Å². The third-order valence-electron chi connectivity index (χ3n) is 2.44. The maximum absolute atomic E-state index is 11.1. The Balaban J connectivity index is 1.87. The molecule has 1 amide bonds. The molecule has 1 fully saturated rings. The van der Waals surface area contributed by atoms with Crippen molar-refractivity contribution in [2.45, 2.75) is 44.6 Å². The minimum absolute atomic E-state index is 0.263. The van der Waals surface area contributed by atoms with Crippen molar-refractivity contribution in [1.29, 1.82) is 0 Å². The Morgan fingerprint density at radius 1 is 1.36 bits per heavy atom. The molecule has 1 aliphatic carbocycles. The molecule has 14 heavy (non-hydrogen) atoms. The Morgan fingerprint density at radius 2 is 2.14 bits per heavy atom. The lowest BCUT2D eigenvalue weighted by atomic mass is 9.93. The molecule has 0 radical (unpaired) electrons. The van der Waals surface area contributed by atoms with Crippen molar-refractivity contribution in [2.75, 3.05) is 12.5 Å². The van der Waals surface area contributed by atoms with E-state index in [0.717, 1.165) is 32.1 Å². The van der Waals surface area contributed by atoms with Crippen LogP contribution in [0.2, 0.25) is 0 Å². The van der Waals surface area contributed by atoms with Crippen LogP contribution in [0.25, 0.3) is 0 Å². The molecule has 0 bridgehead atoms. The highest BCUT2D eigenvalue weighted by Gasteiger charge is 2.19. The number of nitrogens with one attached hydrogen (secondary N) is 1. The van der Waals surface area contributed by atoms with Crippen LogP contribution in [0, 0.1) is 0 Å². The van der Waals surface area contributed by atoms with Crippen molar-refractivity contribution in [2.24, 2.45) is 0 Å². The van der Waals surface area contributed by atoms with Gasteiger partial charge >= 0.3 is 6.09 Å². The fraction of sp³-hybridized carbons (Fsp3) is 0.900. The summed E-state index contributed by atoms with van der Waals surface area (Å²) in [7, 11) is 0. The molecule has 0 heterocycles. The van der Waals surface area contributed by atoms with Crippen LogP contribution < -0.4 is 5.32 Å². The van der Waals surface area contributed by atoms with Gasteiger partial charge in [-0.15, -0.1) is 11.6 Å². The number of ether oxygens (including phenoxy) is 1.